The molecule has 0 saturated heterocycles. The van der Waals surface area contributed by atoms with E-state index in [0.29, 0.717) is 28.7 Å². The second-order valence-electron chi connectivity index (χ2n) is 6.77. The van der Waals surface area contributed by atoms with Crippen LogP contribution in [-0.4, -0.2) is 35.1 Å². The number of aromatic nitrogens is 7. The normalized spacial score (nSPS) is 10.5. The molecule has 5 rings (SSSR count). The number of halogens is 1. The van der Waals surface area contributed by atoms with E-state index < -0.39 is 5.82 Å². The van der Waals surface area contributed by atoms with Gasteiger partial charge >= 0.3 is 0 Å². The van der Waals surface area contributed by atoms with Crippen molar-refractivity contribution in [2.24, 2.45) is 0 Å². The van der Waals surface area contributed by atoms with Crippen molar-refractivity contribution in [1.29, 1.82) is 0 Å². The molecule has 0 fully saturated rings. The number of aromatic amines is 1. The van der Waals surface area contributed by atoms with Crippen LogP contribution < -0.4 is 5.32 Å². The fraction of sp³-hybridized carbons (Fsp3) is 0.0435. The molecule has 9 heteroatoms. The van der Waals surface area contributed by atoms with Gasteiger partial charge in [0.15, 0.2) is 5.82 Å². The predicted octanol–water partition coefficient (Wildman–Crippen LogP) is 3.36. The Bertz CT molecular complexity index is 1470. The second-order valence-corrected chi connectivity index (χ2v) is 6.77. The SMILES string of the molecule is Fc1cnccc1CNc1nccc(-c2nccc(C#Cc3ccc4[nH]ncc4c3)n2)n1. The first-order chi connectivity index (χ1) is 15.7. The molecule has 0 aliphatic rings. The van der Waals surface area contributed by atoms with Crippen LogP contribution >= 0.6 is 0 Å². The number of nitrogens with zero attached hydrogens (tertiary/aromatic N) is 6. The summed E-state index contributed by atoms with van der Waals surface area (Å²) in [7, 11) is 0. The van der Waals surface area contributed by atoms with Crippen molar-refractivity contribution in [1.82, 2.24) is 35.1 Å². The van der Waals surface area contributed by atoms with Gasteiger partial charge in [0, 0.05) is 41.6 Å². The van der Waals surface area contributed by atoms with Crippen molar-refractivity contribution >= 4 is 16.9 Å². The summed E-state index contributed by atoms with van der Waals surface area (Å²) < 4.78 is 13.8. The number of H-pyrrole nitrogens is 1. The summed E-state index contributed by atoms with van der Waals surface area (Å²) in [5.41, 5.74) is 3.38. The lowest BCUT2D eigenvalue weighted by molar-refractivity contribution is 0.606. The molecule has 0 amide bonds. The van der Waals surface area contributed by atoms with Gasteiger partial charge in [-0.05, 0) is 42.3 Å². The molecule has 4 heterocycles. The third-order valence-electron chi connectivity index (χ3n) is 4.61. The first-order valence-corrected chi connectivity index (χ1v) is 9.68. The zero-order valence-corrected chi connectivity index (χ0v) is 16.6. The molecule has 0 aliphatic carbocycles. The average molecular weight is 422 g/mol. The van der Waals surface area contributed by atoms with E-state index in [4.69, 9.17) is 0 Å². The van der Waals surface area contributed by atoms with Crippen LogP contribution in [0.1, 0.15) is 16.8 Å². The van der Waals surface area contributed by atoms with E-state index in [9.17, 15) is 4.39 Å². The summed E-state index contributed by atoms with van der Waals surface area (Å²) in [6.45, 7) is 0.227. The highest BCUT2D eigenvalue weighted by atomic mass is 19.1. The highest BCUT2D eigenvalue weighted by molar-refractivity contribution is 5.79. The molecular formula is C23H15FN8. The maximum atomic E-state index is 13.8. The number of hydrogen-bond donors (Lipinski definition) is 2. The fourth-order valence-electron chi connectivity index (χ4n) is 3.00. The van der Waals surface area contributed by atoms with Crippen molar-refractivity contribution in [3.63, 3.8) is 0 Å². The second kappa shape index (κ2) is 8.57. The number of hydrogen-bond acceptors (Lipinski definition) is 7. The van der Waals surface area contributed by atoms with Crippen molar-refractivity contribution in [2.45, 2.75) is 6.54 Å². The molecule has 0 atom stereocenters. The Balaban J connectivity index is 1.35. The Hall–Kier alpha value is -4.71. The molecule has 8 nitrogen and oxygen atoms in total. The van der Waals surface area contributed by atoms with E-state index in [1.165, 1.54) is 12.4 Å². The summed E-state index contributed by atoms with van der Waals surface area (Å²) in [5.74, 6) is 6.53. The molecule has 5 aromatic rings. The average Bonchev–Trinajstić information content (AvgIpc) is 3.31. The standard InChI is InChI=1S/C23H15FN8/c24-19-14-25-8-5-16(19)12-28-23-27-10-7-21(31-23)22-26-9-6-18(30-22)3-1-15-2-4-20-17(11-15)13-29-32-20/h2,4-11,13-14H,12H2,(H,29,32)(H,27,28,31). The van der Waals surface area contributed by atoms with Crippen LogP contribution in [0, 0.1) is 17.7 Å². The Morgan fingerprint density at radius 1 is 0.938 bits per heavy atom. The largest absolute Gasteiger partial charge is 0.350 e. The minimum Gasteiger partial charge on any atom is -0.350 e. The minimum atomic E-state index is -0.391. The van der Waals surface area contributed by atoms with Gasteiger partial charge in [-0.15, -0.1) is 0 Å². The Kier molecular flexibility index (Phi) is 5.16. The Morgan fingerprint density at radius 2 is 1.88 bits per heavy atom. The molecule has 0 saturated carbocycles. The van der Waals surface area contributed by atoms with Crippen molar-refractivity contribution in [3.05, 3.63) is 90.0 Å². The molecule has 1 aromatic carbocycles. The zero-order valence-electron chi connectivity index (χ0n) is 16.6. The Labute approximate surface area is 182 Å². The van der Waals surface area contributed by atoms with Gasteiger partial charge in [-0.2, -0.15) is 5.10 Å². The molecule has 0 unspecified atom stereocenters. The Morgan fingerprint density at radius 3 is 2.81 bits per heavy atom. The van der Waals surface area contributed by atoms with E-state index >= 15 is 0 Å². The van der Waals surface area contributed by atoms with Crippen LogP contribution in [0.2, 0.25) is 0 Å². The molecule has 0 bridgehead atoms. The number of pyridine rings is 1. The zero-order chi connectivity index (χ0) is 21.8. The molecule has 0 radical (unpaired) electrons. The molecule has 32 heavy (non-hydrogen) atoms. The first kappa shape index (κ1) is 19.3. The number of benzene rings is 1. The van der Waals surface area contributed by atoms with E-state index in [1.54, 1.807) is 36.8 Å². The lowest BCUT2D eigenvalue weighted by Crippen LogP contribution is -2.06. The van der Waals surface area contributed by atoms with Gasteiger partial charge in [0.25, 0.3) is 0 Å². The molecular weight excluding hydrogens is 407 g/mol. The number of rotatable bonds is 4. The fourth-order valence-corrected chi connectivity index (χ4v) is 3.00. The van der Waals surface area contributed by atoms with Crippen molar-refractivity contribution in [2.75, 3.05) is 5.32 Å². The highest BCUT2D eigenvalue weighted by Crippen LogP contribution is 2.15. The number of nitrogens with one attached hydrogen (secondary N) is 2. The first-order valence-electron chi connectivity index (χ1n) is 9.68. The van der Waals surface area contributed by atoms with E-state index in [2.05, 4.69) is 52.3 Å². The minimum absolute atomic E-state index is 0.227. The van der Waals surface area contributed by atoms with Gasteiger partial charge in [0.2, 0.25) is 5.95 Å². The predicted molar refractivity (Wildman–Crippen MR) is 117 cm³/mol. The quantitative estimate of drug-likeness (QED) is 0.428. The third-order valence-corrected chi connectivity index (χ3v) is 4.61. The topological polar surface area (TPSA) is 105 Å². The maximum Gasteiger partial charge on any atom is 0.223 e. The maximum absolute atomic E-state index is 13.8. The van der Waals surface area contributed by atoms with Gasteiger partial charge < -0.3 is 5.32 Å². The van der Waals surface area contributed by atoms with Crippen molar-refractivity contribution in [3.8, 4) is 23.4 Å². The summed E-state index contributed by atoms with van der Waals surface area (Å²) in [6.07, 6.45) is 7.68. The number of fused-ring (bicyclic) bond motifs is 1. The van der Waals surface area contributed by atoms with E-state index in [-0.39, 0.29) is 6.54 Å². The summed E-state index contributed by atoms with van der Waals surface area (Å²) >= 11 is 0. The van der Waals surface area contributed by atoms with Gasteiger partial charge in [0.05, 0.1) is 17.9 Å². The number of anilines is 1. The van der Waals surface area contributed by atoms with Crippen LogP contribution in [0.25, 0.3) is 22.4 Å². The van der Waals surface area contributed by atoms with Crippen LogP contribution in [0.3, 0.4) is 0 Å². The molecule has 2 N–H and O–H groups in total. The third kappa shape index (κ3) is 4.24. The summed E-state index contributed by atoms with van der Waals surface area (Å²) in [4.78, 5) is 21.1. The lowest BCUT2D eigenvalue weighted by Gasteiger charge is -2.06. The van der Waals surface area contributed by atoms with Gasteiger partial charge in [-0.25, -0.2) is 24.3 Å². The van der Waals surface area contributed by atoms with Crippen LogP contribution in [0.4, 0.5) is 10.3 Å². The summed E-state index contributed by atoms with van der Waals surface area (Å²) in [6, 6.07) is 10.9. The monoisotopic (exact) mass is 422 g/mol. The molecule has 0 aliphatic heterocycles. The van der Waals surface area contributed by atoms with Gasteiger partial charge in [-0.3, -0.25) is 10.1 Å². The van der Waals surface area contributed by atoms with Crippen LogP contribution in [-0.2, 0) is 6.54 Å². The van der Waals surface area contributed by atoms with E-state index in [0.717, 1.165) is 16.5 Å². The molecule has 154 valence electrons. The van der Waals surface area contributed by atoms with E-state index in [1.807, 2.05) is 18.2 Å². The molecule has 0 spiro atoms. The van der Waals surface area contributed by atoms with Crippen LogP contribution in [0.5, 0.6) is 0 Å². The molecule has 4 aromatic heterocycles. The van der Waals surface area contributed by atoms with Crippen molar-refractivity contribution < 1.29 is 4.39 Å². The summed E-state index contributed by atoms with van der Waals surface area (Å²) in [5, 5.41) is 10.9. The highest BCUT2D eigenvalue weighted by Gasteiger charge is 2.07. The van der Waals surface area contributed by atoms with Gasteiger partial charge in [-0.1, -0.05) is 5.92 Å². The van der Waals surface area contributed by atoms with Crippen LogP contribution in [0.15, 0.2) is 67.4 Å². The smallest absolute Gasteiger partial charge is 0.223 e. The lowest BCUT2D eigenvalue weighted by atomic mass is 10.1. The van der Waals surface area contributed by atoms with Gasteiger partial charge in [0.1, 0.15) is 17.2 Å².